The zero-order valence-corrected chi connectivity index (χ0v) is 10.1. The topological polar surface area (TPSA) is 119 Å². The van der Waals surface area contributed by atoms with Crippen LogP contribution in [0, 0.1) is 5.41 Å². The number of likely N-dealkylation sites (tertiary alicyclic amines) is 1. The number of carbonyl (C=O) groups excluding carboxylic acids is 1. The van der Waals surface area contributed by atoms with E-state index in [0.29, 0.717) is 12.8 Å². The van der Waals surface area contributed by atoms with Crippen LogP contribution in [0.15, 0.2) is 5.16 Å². The molecule has 1 saturated heterocycles. The minimum Gasteiger partial charge on any atom is -0.409 e. The van der Waals surface area contributed by atoms with Crippen molar-refractivity contribution in [3.63, 3.8) is 0 Å². The van der Waals surface area contributed by atoms with E-state index < -0.39 is 17.6 Å². The first-order valence-electron chi connectivity index (χ1n) is 6.15. The Morgan fingerprint density at radius 1 is 1.22 bits per heavy atom. The third-order valence-electron chi connectivity index (χ3n) is 4.01. The number of carbonyl (C=O) groups is 1. The molecule has 2 unspecified atom stereocenters. The van der Waals surface area contributed by atoms with Crippen molar-refractivity contribution >= 4 is 11.7 Å². The molecule has 102 valence electrons. The minimum absolute atomic E-state index is 0.0686. The number of nitrogens with two attached hydrogens (primary N) is 1. The second kappa shape index (κ2) is 4.74. The van der Waals surface area contributed by atoms with E-state index in [1.165, 1.54) is 4.90 Å². The molecule has 18 heavy (non-hydrogen) atoms. The summed E-state index contributed by atoms with van der Waals surface area (Å²) < 4.78 is 0. The van der Waals surface area contributed by atoms with E-state index in [1.807, 2.05) is 0 Å². The lowest BCUT2D eigenvalue weighted by Gasteiger charge is -2.30. The molecule has 2 atom stereocenters. The molecule has 0 radical (unpaired) electrons. The largest absolute Gasteiger partial charge is 0.409 e. The second-order valence-corrected chi connectivity index (χ2v) is 5.12. The van der Waals surface area contributed by atoms with Gasteiger partial charge in [-0.15, -0.1) is 0 Å². The van der Waals surface area contributed by atoms with Gasteiger partial charge in [-0.05, 0) is 12.8 Å². The number of hydrogen-bond donors (Lipinski definition) is 4. The first-order chi connectivity index (χ1) is 8.51. The van der Waals surface area contributed by atoms with Gasteiger partial charge in [0.15, 0.2) is 5.84 Å². The average molecular weight is 257 g/mol. The highest BCUT2D eigenvalue weighted by atomic mass is 16.4. The third-order valence-corrected chi connectivity index (χ3v) is 4.01. The van der Waals surface area contributed by atoms with Gasteiger partial charge in [-0.1, -0.05) is 18.0 Å². The fourth-order valence-corrected chi connectivity index (χ4v) is 2.89. The molecule has 1 aliphatic heterocycles. The number of aliphatic hydroxyl groups is 2. The number of rotatable bonds is 2. The maximum absolute atomic E-state index is 12.5. The normalized spacial score (nSPS) is 31.9. The molecule has 1 saturated carbocycles. The lowest BCUT2D eigenvalue weighted by molar-refractivity contribution is -0.137. The van der Waals surface area contributed by atoms with Crippen LogP contribution in [0.2, 0.25) is 0 Å². The third kappa shape index (κ3) is 1.93. The smallest absolute Gasteiger partial charge is 0.236 e. The summed E-state index contributed by atoms with van der Waals surface area (Å²) in [5.41, 5.74) is 4.72. The van der Waals surface area contributed by atoms with Crippen LogP contribution in [0.4, 0.5) is 0 Å². The van der Waals surface area contributed by atoms with Crippen molar-refractivity contribution in [2.24, 2.45) is 16.3 Å². The summed E-state index contributed by atoms with van der Waals surface area (Å²) >= 11 is 0. The van der Waals surface area contributed by atoms with Gasteiger partial charge in [0.05, 0.1) is 12.2 Å². The zero-order valence-electron chi connectivity index (χ0n) is 10.1. The maximum Gasteiger partial charge on any atom is 0.236 e. The van der Waals surface area contributed by atoms with Crippen LogP contribution in [0.5, 0.6) is 0 Å². The molecule has 0 spiro atoms. The summed E-state index contributed by atoms with van der Waals surface area (Å²) in [6, 6.07) is 0. The van der Waals surface area contributed by atoms with Crippen molar-refractivity contribution in [1.82, 2.24) is 4.90 Å². The van der Waals surface area contributed by atoms with E-state index in [1.54, 1.807) is 0 Å². The van der Waals surface area contributed by atoms with Gasteiger partial charge in [-0.25, -0.2) is 0 Å². The van der Waals surface area contributed by atoms with E-state index in [2.05, 4.69) is 5.16 Å². The number of amidine groups is 1. The van der Waals surface area contributed by atoms with Crippen LogP contribution in [-0.4, -0.2) is 57.4 Å². The van der Waals surface area contributed by atoms with Crippen LogP contribution in [0.3, 0.4) is 0 Å². The van der Waals surface area contributed by atoms with E-state index in [9.17, 15) is 15.0 Å². The SMILES string of the molecule is NC(=NO)C1(C(=O)N2CC(O)C(O)C2)CCCC1. The van der Waals surface area contributed by atoms with E-state index >= 15 is 0 Å². The van der Waals surface area contributed by atoms with Gasteiger partial charge in [-0.2, -0.15) is 0 Å². The molecular formula is C11H19N3O4. The van der Waals surface area contributed by atoms with Gasteiger partial charge in [0.1, 0.15) is 5.41 Å². The Bertz CT molecular complexity index is 355. The quantitative estimate of drug-likeness (QED) is 0.216. The molecule has 2 fully saturated rings. The summed E-state index contributed by atoms with van der Waals surface area (Å²) in [6.45, 7) is 0.195. The van der Waals surface area contributed by atoms with Crippen molar-refractivity contribution in [2.45, 2.75) is 37.9 Å². The standard InChI is InChI=1S/C11H19N3O4/c12-9(13-18)11(3-1-2-4-11)10(17)14-5-7(15)8(16)6-14/h7-8,15-16,18H,1-6H2,(H2,12,13). The Morgan fingerprint density at radius 2 is 1.72 bits per heavy atom. The molecule has 1 amide bonds. The molecule has 7 heteroatoms. The highest BCUT2D eigenvalue weighted by Gasteiger charge is 2.49. The van der Waals surface area contributed by atoms with Gasteiger partial charge < -0.3 is 26.1 Å². The Labute approximate surface area is 105 Å². The number of aliphatic hydroxyl groups excluding tert-OH is 2. The van der Waals surface area contributed by atoms with Crippen LogP contribution >= 0.6 is 0 Å². The maximum atomic E-state index is 12.5. The van der Waals surface area contributed by atoms with E-state index in [-0.39, 0.29) is 24.8 Å². The van der Waals surface area contributed by atoms with Gasteiger partial charge >= 0.3 is 0 Å². The van der Waals surface area contributed by atoms with Crippen molar-refractivity contribution in [3.05, 3.63) is 0 Å². The Balaban J connectivity index is 2.20. The van der Waals surface area contributed by atoms with Crippen molar-refractivity contribution in [3.8, 4) is 0 Å². The Kier molecular flexibility index (Phi) is 3.45. The lowest BCUT2D eigenvalue weighted by Crippen LogP contribution is -2.49. The number of hydrogen-bond acceptors (Lipinski definition) is 5. The first-order valence-corrected chi connectivity index (χ1v) is 6.15. The summed E-state index contributed by atoms with van der Waals surface area (Å²) in [5, 5.41) is 30.8. The van der Waals surface area contributed by atoms with Crippen molar-refractivity contribution in [2.75, 3.05) is 13.1 Å². The molecule has 2 rings (SSSR count). The predicted molar refractivity (Wildman–Crippen MR) is 62.9 cm³/mol. The van der Waals surface area contributed by atoms with Gasteiger partial charge in [-0.3, -0.25) is 4.79 Å². The average Bonchev–Trinajstić information content (AvgIpc) is 2.96. The number of β-amino-alcohol motifs (C(OH)–C–C–N with tert-alkyl or cyclic N) is 2. The van der Waals surface area contributed by atoms with Crippen LogP contribution in [-0.2, 0) is 4.79 Å². The minimum atomic E-state index is -0.960. The number of oxime groups is 1. The van der Waals surface area contributed by atoms with Gasteiger partial charge in [0.25, 0.3) is 0 Å². The molecule has 1 aliphatic carbocycles. The van der Waals surface area contributed by atoms with Crippen molar-refractivity contribution < 1.29 is 20.2 Å². The summed E-state index contributed by atoms with van der Waals surface area (Å²) in [7, 11) is 0. The Morgan fingerprint density at radius 3 is 2.17 bits per heavy atom. The molecule has 2 aliphatic rings. The van der Waals surface area contributed by atoms with Gasteiger partial charge in [0, 0.05) is 13.1 Å². The zero-order chi connectivity index (χ0) is 13.3. The Hall–Kier alpha value is -1.34. The molecule has 0 aromatic carbocycles. The summed E-state index contributed by atoms with van der Waals surface area (Å²) in [4.78, 5) is 13.9. The summed E-state index contributed by atoms with van der Waals surface area (Å²) in [6.07, 6.45) is 0.954. The molecule has 0 aromatic rings. The second-order valence-electron chi connectivity index (χ2n) is 5.12. The molecule has 7 nitrogen and oxygen atoms in total. The molecule has 5 N–H and O–H groups in total. The molecule has 0 aromatic heterocycles. The fraction of sp³-hybridized carbons (Fsp3) is 0.818. The molecule has 0 bridgehead atoms. The molecule has 1 heterocycles. The van der Waals surface area contributed by atoms with E-state index in [0.717, 1.165) is 12.8 Å². The van der Waals surface area contributed by atoms with E-state index in [4.69, 9.17) is 10.9 Å². The summed E-state index contributed by atoms with van der Waals surface area (Å²) in [5.74, 6) is -0.327. The van der Waals surface area contributed by atoms with Crippen molar-refractivity contribution in [1.29, 1.82) is 0 Å². The number of nitrogens with zero attached hydrogens (tertiary/aromatic N) is 2. The van der Waals surface area contributed by atoms with Crippen LogP contribution in [0.1, 0.15) is 25.7 Å². The van der Waals surface area contributed by atoms with Gasteiger partial charge in [0.2, 0.25) is 5.91 Å². The van der Waals surface area contributed by atoms with Crippen LogP contribution < -0.4 is 5.73 Å². The molecular weight excluding hydrogens is 238 g/mol. The lowest BCUT2D eigenvalue weighted by atomic mass is 9.83. The highest BCUT2D eigenvalue weighted by Crippen LogP contribution is 2.40. The highest BCUT2D eigenvalue weighted by molar-refractivity contribution is 6.07. The first kappa shape index (κ1) is 13.1. The fourth-order valence-electron chi connectivity index (χ4n) is 2.89. The van der Waals surface area contributed by atoms with Crippen LogP contribution in [0.25, 0.3) is 0 Å². The predicted octanol–water partition coefficient (Wildman–Crippen LogP) is -1.14. The monoisotopic (exact) mass is 257 g/mol. The number of amides is 1.